The number of hydrogen-bond donors (Lipinski definition) is 1. The fraction of sp³-hybridized carbons (Fsp3) is 0.261. The summed E-state index contributed by atoms with van der Waals surface area (Å²) < 4.78 is 19.5. The second-order valence-corrected chi connectivity index (χ2v) is 8.46. The Balaban J connectivity index is 1.69. The van der Waals surface area contributed by atoms with E-state index in [1.54, 1.807) is 26.0 Å². The van der Waals surface area contributed by atoms with E-state index in [-0.39, 0.29) is 18.2 Å². The first-order valence-electron chi connectivity index (χ1n) is 10.1. The molecule has 2 aromatic heterocycles. The summed E-state index contributed by atoms with van der Waals surface area (Å²) in [5.41, 5.74) is 3.50. The highest BCUT2D eigenvalue weighted by molar-refractivity contribution is 7.20. The second-order valence-electron chi connectivity index (χ2n) is 7.45. The largest absolute Gasteiger partial charge is 0.493 e. The van der Waals surface area contributed by atoms with Gasteiger partial charge in [-0.05, 0) is 25.1 Å². The maximum absolute atomic E-state index is 12.8. The Labute approximate surface area is 188 Å². The van der Waals surface area contributed by atoms with E-state index in [4.69, 9.17) is 24.3 Å². The van der Waals surface area contributed by atoms with Gasteiger partial charge in [-0.15, -0.1) is 0 Å². The fourth-order valence-electron chi connectivity index (χ4n) is 4.30. The molecule has 0 fully saturated rings. The number of aromatic nitrogens is 3. The molecule has 0 saturated heterocycles. The van der Waals surface area contributed by atoms with Gasteiger partial charge in [-0.3, -0.25) is 4.79 Å². The summed E-state index contributed by atoms with van der Waals surface area (Å²) in [6, 6.07) is 11.7. The third kappa shape index (κ3) is 3.08. The molecule has 1 amide bonds. The van der Waals surface area contributed by atoms with Crippen LogP contribution in [0.15, 0.2) is 36.4 Å². The number of hydrogen-bond acceptors (Lipinski definition) is 7. The second kappa shape index (κ2) is 7.83. The molecule has 3 heterocycles. The molecule has 164 valence electrons. The van der Waals surface area contributed by atoms with Gasteiger partial charge in [0.05, 0.1) is 37.2 Å². The molecule has 0 saturated carbocycles. The molecule has 2 aromatic carbocycles. The number of carbonyl (C=O) groups excluding carboxylic acids is 1. The first-order valence-corrected chi connectivity index (χ1v) is 10.9. The van der Waals surface area contributed by atoms with Gasteiger partial charge in [-0.25, -0.2) is 4.98 Å². The molecule has 0 radical (unpaired) electrons. The van der Waals surface area contributed by atoms with E-state index in [1.807, 2.05) is 43.3 Å². The van der Waals surface area contributed by atoms with Crippen LogP contribution in [0.3, 0.4) is 0 Å². The zero-order valence-corrected chi connectivity index (χ0v) is 18.9. The number of nitrogens with zero attached hydrogens (tertiary/aromatic N) is 3. The van der Waals surface area contributed by atoms with Crippen molar-refractivity contribution in [1.29, 1.82) is 0 Å². The van der Waals surface area contributed by atoms with E-state index in [0.717, 1.165) is 27.0 Å². The van der Waals surface area contributed by atoms with Gasteiger partial charge in [0, 0.05) is 23.5 Å². The third-order valence-corrected chi connectivity index (χ3v) is 6.69. The predicted octanol–water partition coefficient (Wildman–Crippen LogP) is 4.29. The van der Waals surface area contributed by atoms with Crippen LogP contribution in [0.5, 0.6) is 17.2 Å². The van der Waals surface area contributed by atoms with Crippen molar-refractivity contribution < 1.29 is 19.0 Å². The van der Waals surface area contributed by atoms with Crippen molar-refractivity contribution in [2.24, 2.45) is 0 Å². The average Bonchev–Trinajstić information content (AvgIpc) is 3.38. The van der Waals surface area contributed by atoms with E-state index in [1.165, 1.54) is 11.3 Å². The zero-order valence-electron chi connectivity index (χ0n) is 18.1. The van der Waals surface area contributed by atoms with Crippen molar-refractivity contribution in [3.05, 3.63) is 53.2 Å². The molecule has 32 heavy (non-hydrogen) atoms. The number of benzene rings is 2. The molecule has 1 N–H and O–H groups in total. The molecule has 1 aliphatic rings. The number of nitrogens with one attached hydrogen (secondary N) is 1. The Morgan fingerprint density at radius 1 is 1.06 bits per heavy atom. The SMILES string of the molecule is COc1ccc([C@@H]2CC(=O)Nc3c2c(C)nn3-c2nc3ccccc3s2)c(OC)c1OC. The normalized spacial score (nSPS) is 15.4. The molecular formula is C23H22N4O4S. The fourth-order valence-corrected chi connectivity index (χ4v) is 5.22. The maximum Gasteiger partial charge on any atom is 0.226 e. The molecule has 1 atom stereocenters. The van der Waals surface area contributed by atoms with Gasteiger partial charge in [0.15, 0.2) is 11.5 Å². The van der Waals surface area contributed by atoms with Gasteiger partial charge >= 0.3 is 0 Å². The predicted molar refractivity (Wildman–Crippen MR) is 123 cm³/mol. The van der Waals surface area contributed by atoms with Crippen molar-refractivity contribution in [3.63, 3.8) is 0 Å². The molecule has 5 rings (SSSR count). The number of aryl methyl sites for hydroxylation is 1. The van der Waals surface area contributed by atoms with Crippen LogP contribution in [0, 0.1) is 6.92 Å². The van der Waals surface area contributed by atoms with Crippen LogP contribution >= 0.6 is 11.3 Å². The van der Waals surface area contributed by atoms with Crippen molar-refractivity contribution in [1.82, 2.24) is 14.8 Å². The van der Waals surface area contributed by atoms with E-state index < -0.39 is 0 Å². The summed E-state index contributed by atoms with van der Waals surface area (Å²) in [6.07, 6.45) is 0.269. The van der Waals surface area contributed by atoms with Crippen LogP contribution in [-0.4, -0.2) is 42.0 Å². The minimum absolute atomic E-state index is 0.0957. The molecular weight excluding hydrogens is 428 g/mol. The lowest BCUT2D eigenvalue weighted by Crippen LogP contribution is -2.25. The van der Waals surface area contributed by atoms with Crippen LogP contribution < -0.4 is 19.5 Å². The minimum Gasteiger partial charge on any atom is -0.493 e. The number of anilines is 1. The third-order valence-electron chi connectivity index (χ3n) is 5.68. The lowest BCUT2D eigenvalue weighted by molar-refractivity contribution is -0.116. The van der Waals surface area contributed by atoms with Crippen LogP contribution in [0.25, 0.3) is 15.3 Å². The van der Waals surface area contributed by atoms with Gasteiger partial charge in [0.25, 0.3) is 0 Å². The monoisotopic (exact) mass is 450 g/mol. The van der Waals surface area contributed by atoms with Crippen LogP contribution in [0.4, 0.5) is 5.82 Å². The number of carbonyl (C=O) groups is 1. The summed E-state index contributed by atoms with van der Waals surface area (Å²) in [6.45, 7) is 1.94. The summed E-state index contributed by atoms with van der Waals surface area (Å²) in [7, 11) is 4.73. The Hall–Kier alpha value is -3.59. The molecule has 0 spiro atoms. The van der Waals surface area contributed by atoms with Gasteiger partial charge < -0.3 is 19.5 Å². The standard InChI is InChI=1S/C23H22N4O4S/c1-12-19-14(13-9-10-16(29-2)21(31-4)20(13)30-3)11-18(28)25-22(19)27(26-12)23-24-15-7-5-6-8-17(15)32-23/h5-10,14H,11H2,1-4H3,(H,25,28)/t14-/m0/s1. The van der Waals surface area contributed by atoms with Crippen molar-refractivity contribution in [2.45, 2.75) is 19.3 Å². The van der Waals surface area contributed by atoms with Crippen molar-refractivity contribution in [3.8, 4) is 22.4 Å². The first kappa shape index (κ1) is 20.3. The minimum atomic E-state index is -0.253. The number of ether oxygens (including phenoxy) is 3. The summed E-state index contributed by atoms with van der Waals surface area (Å²) in [4.78, 5) is 17.5. The number of methoxy groups -OCH3 is 3. The van der Waals surface area contributed by atoms with Crippen LogP contribution in [0.2, 0.25) is 0 Å². The zero-order chi connectivity index (χ0) is 22.4. The summed E-state index contributed by atoms with van der Waals surface area (Å²) in [5, 5.41) is 8.47. The molecule has 4 aromatic rings. The van der Waals surface area contributed by atoms with Crippen LogP contribution in [-0.2, 0) is 4.79 Å². The van der Waals surface area contributed by atoms with E-state index in [9.17, 15) is 4.79 Å². The molecule has 0 bridgehead atoms. The summed E-state index contributed by atoms with van der Waals surface area (Å²) >= 11 is 1.53. The van der Waals surface area contributed by atoms with Gasteiger partial charge in [-0.2, -0.15) is 9.78 Å². The molecule has 8 nitrogen and oxygen atoms in total. The Bertz CT molecular complexity index is 1310. The average molecular weight is 451 g/mol. The Kier molecular flexibility index (Phi) is 4.97. The maximum atomic E-state index is 12.8. The highest BCUT2D eigenvalue weighted by Gasteiger charge is 2.36. The smallest absolute Gasteiger partial charge is 0.226 e. The summed E-state index contributed by atoms with van der Waals surface area (Å²) in [5.74, 6) is 1.90. The van der Waals surface area contributed by atoms with E-state index in [0.29, 0.717) is 28.2 Å². The number of para-hydroxylation sites is 1. The van der Waals surface area contributed by atoms with E-state index >= 15 is 0 Å². The van der Waals surface area contributed by atoms with Crippen LogP contribution in [0.1, 0.15) is 29.2 Å². The van der Waals surface area contributed by atoms with Gasteiger partial charge in [-0.1, -0.05) is 29.5 Å². The number of fused-ring (bicyclic) bond motifs is 2. The van der Waals surface area contributed by atoms with Gasteiger partial charge in [0.2, 0.25) is 16.8 Å². The molecule has 1 aliphatic heterocycles. The number of thiazole rings is 1. The number of rotatable bonds is 5. The quantitative estimate of drug-likeness (QED) is 0.488. The Morgan fingerprint density at radius 3 is 2.56 bits per heavy atom. The van der Waals surface area contributed by atoms with Crippen molar-refractivity contribution >= 4 is 33.3 Å². The lowest BCUT2D eigenvalue weighted by atomic mass is 9.85. The van der Waals surface area contributed by atoms with Crippen molar-refractivity contribution in [2.75, 3.05) is 26.6 Å². The first-order chi connectivity index (χ1) is 15.5. The van der Waals surface area contributed by atoms with E-state index in [2.05, 4.69) is 5.32 Å². The highest BCUT2D eigenvalue weighted by Crippen LogP contribution is 2.48. The molecule has 0 aliphatic carbocycles. The number of amides is 1. The lowest BCUT2D eigenvalue weighted by Gasteiger charge is -2.26. The van der Waals surface area contributed by atoms with Gasteiger partial charge in [0.1, 0.15) is 5.82 Å². The molecule has 9 heteroatoms. The molecule has 0 unspecified atom stereocenters. The highest BCUT2D eigenvalue weighted by atomic mass is 32.1. The Morgan fingerprint density at radius 2 is 1.84 bits per heavy atom. The topological polar surface area (TPSA) is 87.5 Å².